The Bertz CT molecular complexity index is 1440. The predicted octanol–water partition coefficient (Wildman–Crippen LogP) is 4.88. The normalized spacial score (nSPS) is 11.2. The highest BCUT2D eigenvalue weighted by molar-refractivity contribution is 7.17. The molecule has 0 spiro atoms. The fourth-order valence-electron chi connectivity index (χ4n) is 3.47. The number of nitrogens with zero attached hydrogens (tertiary/aromatic N) is 3. The second-order valence-corrected chi connectivity index (χ2v) is 8.78. The van der Waals surface area contributed by atoms with Crippen LogP contribution in [-0.4, -0.2) is 38.7 Å². The van der Waals surface area contributed by atoms with Crippen LogP contribution in [0.4, 0.5) is 11.5 Å². The van der Waals surface area contributed by atoms with E-state index in [1.807, 2.05) is 67.8 Å². The van der Waals surface area contributed by atoms with Crippen LogP contribution in [-0.2, 0) is 4.79 Å². The first kappa shape index (κ1) is 20.9. The van der Waals surface area contributed by atoms with Gasteiger partial charge in [0.25, 0.3) is 5.91 Å². The van der Waals surface area contributed by atoms with E-state index in [4.69, 9.17) is 14.7 Å². The molecule has 3 heterocycles. The van der Waals surface area contributed by atoms with Gasteiger partial charge in [-0.15, -0.1) is 11.3 Å². The SMILES string of the molecule is CC(C)NC(=O)COc1cccc(-c2nc(Nc3ccc4[nH]ncc4c3)c3sccc3n2)c1. The van der Waals surface area contributed by atoms with Gasteiger partial charge in [-0.1, -0.05) is 12.1 Å². The smallest absolute Gasteiger partial charge is 0.258 e. The fraction of sp³-hybridized carbons (Fsp3) is 0.167. The number of H-pyrrole nitrogens is 1. The lowest BCUT2D eigenvalue weighted by Gasteiger charge is -2.11. The van der Waals surface area contributed by atoms with Gasteiger partial charge in [-0.2, -0.15) is 5.10 Å². The van der Waals surface area contributed by atoms with Gasteiger partial charge in [-0.3, -0.25) is 9.89 Å². The Morgan fingerprint density at radius 1 is 1.15 bits per heavy atom. The van der Waals surface area contributed by atoms with Crippen molar-refractivity contribution in [3.63, 3.8) is 0 Å². The van der Waals surface area contributed by atoms with Crippen LogP contribution in [0.25, 0.3) is 32.5 Å². The first-order chi connectivity index (χ1) is 16.0. The number of aromatic nitrogens is 4. The molecule has 0 aliphatic rings. The van der Waals surface area contributed by atoms with Crippen LogP contribution in [0, 0.1) is 0 Å². The number of hydrogen-bond acceptors (Lipinski definition) is 7. The van der Waals surface area contributed by atoms with Gasteiger partial charge in [0.1, 0.15) is 5.75 Å². The Morgan fingerprint density at radius 2 is 2.06 bits per heavy atom. The zero-order valence-electron chi connectivity index (χ0n) is 18.1. The van der Waals surface area contributed by atoms with Crippen LogP contribution in [0.5, 0.6) is 5.75 Å². The molecule has 166 valence electrons. The van der Waals surface area contributed by atoms with Gasteiger partial charge in [-0.25, -0.2) is 9.97 Å². The van der Waals surface area contributed by atoms with E-state index in [0.717, 1.165) is 38.2 Å². The van der Waals surface area contributed by atoms with Crippen molar-refractivity contribution < 1.29 is 9.53 Å². The van der Waals surface area contributed by atoms with Gasteiger partial charge in [0.2, 0.25) is 0 Å². The number of rotatable bonds is 7. The highest BCUT2D eigenvalue weighted by Crippen LogP contribution is 2.32. The molecule has 0 saturated carbocycles. The summed E-state index contributed by atoms with van der Waals surface area (Å²) in [5.41, 5.74) is 3.55. The maximum absolute atomic E-state index is 11.9. The van der Waals surface area contributed by atoms with Gasteiger partial charge in [0.15, 0.2) is 18.2 Å². The molecule has 2 aromatic carbocycles. The van der Waals surface area contributed by atoms with Gasteiger partial charge < -0.3 is 15.4 Å². The minimum atomic E-state index is -0.160. The van der Waals surface area contributed by atoms with Gasteiger partial charge in [0.05, 0.1) is 21.9 Å². The predicted molar refractivity (Wildman–Crippen MR) is 131 cm³/mol. The number of aromatic amines is 1. The minimum Gasteiger partial charge on any atom is -0.484 e. The third-order valence-electron chi connectivity index (χ3n) is 4.92. The number of anilines is 2. The van der Waals surface area contributed by atoms with Crippen LogP contribution in [0.2, 0.25) is 0 Å². The molecular formula is C24H22N6O2S. The quantitative estimate of drug-likeness (QED) is 0.321. The number of hydrogen-bond donors (Lipinski definition) is 3. The number of thiophene rings is 1. The second-order valence-electron chi connectivity index (χ2n) is 7.87. The van der Waals surface area contributed by atoms with Crippen molar-refractivity contribution in [2.75, 3.05) is 11.9 Å². The average Bonchev–Trinajstić information content (AvgIpc) is 3.46. The van der Waals surface area contributed by atoms with E-state index < -0.39 is 0 Å². The molecule has 5 aromatic rings. The summed E-state index contributed by atoms with van der Waals surface area (Å²) >= 11 is 1.59. The lowest BCUT2D eigenvalue weighted by atomic mass is 10.2. The molecule has 0 fully saturated rings. The Morgan fingerprint density at radius 3 is 2.94 bits per heavy atom. The summed E-state index contributed by atoms with van der Waals surface area (Å²) in [6.45, 7) is 3.78. The molecule has 0 bridgehead atoms. The summed E-state index contributed by atoms with van der Waals surface area (Å²) in [5, 5.41) is 16.3. The van der Waals surface area contributed by atoms with Gasteiger partial charge >= 0.3 is 0 Å². The molecule has 0 atom stereocenters. The van der Waals surface area contributed by atoms with Gasteiger partial charge in [-0.05, 0) is 55.6 Å². The van der Waals surface area contributed by atoms with Crippen LogP contribution >= 0.6 is 11.3 Å². The zero-order chi connectivity index (χ0) is 22.8. The number of carbonyl (C=O) groups is 1. The van der Waals surface area contributed by atoms with E-state index in [2.05, 4.69) is 20.8 Å². The molecule has 3 aromatic heterocycles. The number of fused-ring (bicyclic) bond motifs is 2. The van der Waals surface area contributed by atoms with E-state index in [9.17, 15) is 4.79 Å². The van der Waals surface area contributed by atoms with Crippen molar-refractivity contribution in [2.24, 2.45) is 0 Å². The third kappa shape index (κ3) is 4.63. The highest BCUT2D eigenvalue weighted by atomic mass is 32.1. The molecule has 5 rings (SSSR count). The number of nitrogens with one attached hydrogen (secondary N) is 3. The van der Waals surface area contributed by atoms with Crippen LogP contribution in [0.1, 0.15) is 13.8 Å². The molecule has 33 heavy (non-hydrogen) atoms. The average molecular weight is 459 g/mol. The summed E-state index contributed by atoms with van der Waals surface area (Å²) < 4.78 is 6.65. The Hall–Kier alpha value is -3.98. The molecule has 0 aliphatic carbocycles. The van der Waals surface area contributed by atoms with Crippen molar-refractivity contribution in [3.8, 4) is 17.1 Å². The van der Waals surface area contributed by atoms with E-state index in [0.29, 0.717) is 11.6 Å². The first-order valence-electron chi connectivity index (χ1n) is 10.5. The van der Waals surface area contributed by atoms with Crippen molar-refractivity contribution in [3.05, 3.63) is 60.1 Å². The molecule has 0 unspecified atom stereocenters. The Balaban J connectivity index is 1.43. The third-order valence-corrected chi connectivity index (χ3v) is 5.83. The molecule has 9 heteroatoms. The van der Waals surface area contributed by atoms with Crippen molar-refractivity contribution in [1.29, 1.82) is 0 Å². The Kier molecular flexibility index (Phi) is 5.62. The number of carbonyl (C=O) groups excluding carboxylic acids is 1. The maximum Gasteiger partial charge on any atom is 0.258 e. The molecule has 3 N–H and O–H groups in total. The van der Waals surface area contributed by atoms with E-state index in [-0.39, 0.29) is 18.6 Å². The largest absolute Gasteiger partial charge is 0.484 e. The molecule has 0 saturated heterocycles. The summed E-state index contributed by atoms with van der Waals surface area (Å²) in [6, 6.07) is 15.5. The number of ether oxygens (including phenoxy) is 1. The van der Waals surface area contributed by atoms with E-state index in [1.54, 1.807) is 17.5 Å². The summed E-state index contributed by atoms with van der Waals surface area (Å²) in [4.78, 5) is 21.5. The van der Waals surface area contributed by atoms with Crippen molar-refractivity contribution in [2.45, 2.75) is 19.9 Å². The first-order valence-corrected chi connectivity index (χ1v) is 11.4. The summed E-state index contributed by atoms with van der Waals surface area (Å²) in [6.07, 6.45) is 1.79. The van der Waals surface area contributed by atoms with Crippen molar-refractivity contribution in [1.82, 2.24) is 25.5 Å². The molecule has 8 nitrogen and oxygen atoms in total. The number of benzene rings is 2. The fourth-order valence-corrected chi connectivity index (χ4v) is 4.25. The lowest BCUT2D eigenvalue weighted by Crippen LogP contribution is -2.34. The van der Waals surface area contributed by atoms with Gasteiger partial charge in [0, 0.05) is 22.7 Å². The molecule has 0 radical (unpaired) electrons. The molecule has 0 aliphatic heterocycles. The Labute approximate surface area is 194 Å². The van der Waals surface area contributed by atoms with Crippen LogP contribution in [0.15, 0.2) is 60.1 Å². The van der Waals surface area contributed by atoms with Crippen LogP contribution in [0.3, 0.4) is 0 Å². The van der Waals surface area contributed by atoms with Crippen LogP contribution < -0.4 is 15.4 Å². The summed E-state index contributed by atoms with van der Waals surface area (Å²) in [5.74, 6) is 1.73. The standard InChI is InChI=1S/C24H22N6O2S/c1-14(2)26-21(31)13-32-18-5-3-4-15(11-18)23-28-20-8-9-33-22(20)24(29-23)27-17-6-7-19-16(10-17)12-25-30-19/h3-12,14H,13H2,1-2H3,(H,25,30)(H,26,31)(H,27,28,29). The van der Waals surface area contributed by atoms with E-state index in [1.165, 1.54) is 0 Å². The monoisotopic (exact) mass is 458 g/mol. The zero-order valence-corrected chi connectivity index (χ0v) is 18.9. The maximum atomic E-state index is 11.9. The topological polar surface area (TPSA) is 105 Å². The molecule has 1 amide bonds. The minimum absolute atomic E-state index is 0.0463. The van der Waals surface area contributed by atoms with Crippen molar-refractivity contribution >= 4 is 49.9 Å². The van der Waals surface area contributed by atoms with E-state index >= 15 is 0 Å². The lowest BCUT2D eigenvalue weighted by molar-refractivity contribution is -0.123. The summed E-state index contributed by atoms with van der Waals surface area (Å²) in [7, 11) is 0. The second kappa shape index (κ2) is 8.87. The number of amides is 1. The highest BCUT2D eigenvalue weighted by Gasteiger charge is 2.13. The molecular weight excluding hydrogens is 436 g/mol.